The molecular formula is C14H12N2O3. The Morgan fingerprint density at radius 3 is 3.11 bits per heavy atom. The van der Waals surface area contributed by atoms with Gasteiger partial charge in [0.15, 0.2) is 0 Å². The van der Waals surface area contributed by atoms with Crippen molar-refractivity contribution in [3.05, 3.63) is 45.9 Å². The molecule has 0 saturated carbocycles. The molecule has 1 aliphatic heterocycles. The molecule has 1 aliphatic rings. The minimum Gasteiger partial charge on any atom is -0.461 e. The van der Waals surface area contributed by atoms with Gasteiger partial charge in [0.05, 0.1) is 17.6 Å². The third-order valence-electron chi connectivity index (χ3n) is 3.05. The fourth-order valence-electron chi connectivity index (χ4n) is 2.26. The highest BCUT2D eigenvalue weighted by molar-refractivity contribution is 5.92. The van der Waals surface area contributed by atoms with Crippen molar-refractivity contribution < 1.29 is 9.53 Å². The van der Waals surface area contributed by atoms with Gasteiger partial charge in [-0.15, -0.1) is 0 Å². The van der Waals surface area contributed by atoms with E-state index < -0.39 is 11.5 Å². The van der Waals surface area contributed by atoms with E-state index in [1.165, 1.54) is 0 Å². The van der Waals surface area contributed by atoms with Crippen molar-refractivity contribution >= 4 is 23.1 Å². The molecule has 0 aliphatic carbocycles. The molecule has 0 fully saturated rings. The van der Waals surface area contributed by atoms with E-state index in [2.05, 4.69) is 4.98 Å². The zero-order valence-corrected chi connectivity index (χ0v) is 10.4. The maximum Gasteiger partial charge on any atom is 0.362 e. The quantitative estimate of drug-likeness (QED) is 0.766. The van der Waals surface area contributed by atoms with Crippen LogP contribution in [-0.2, 0) is 11.3 Å². The van der Waals surface area contributed by atoms with Gasteiger partial charge in [-0.3, -0.25) is 4.79 Å². The third kappa shape index (κ3) is 1.74. The van der Waals surface area contributed by atoms with Gasteiger partial charge in [-0.25, -0.2) is 9.78 Å². The normalized spacial score (nSPS) is 12.7. The van der Waals surface area contributed by atoms with E-state index in [0.29, 0.717) is 12.1 Å². The zero-order valence-electron chi connectivity index (χ0n) is 10.4. The van der Waals surface area contributed by atoms with Gasteiger partial charge in [0.1, 0.15) is 0 Å². The van der Waals surface area contributed by atoms with Crippen LogP contribution in [0.5, 0.6) is 0 Å². The van der Waals surface area contributed by atoms with E-state index in [1.807, 2.05) is 24.3 Å². The largest absolute Gasteiger partial charge is 0.461 e. The first kappa shape index (κ1) is 11.6. The summed E-state index contributed by atoms with van der Waals surface area (Å²) in [6.07, 6.45) is 3.84. The highest BCUT2D eigenvalue weighted by atomic mass is 16.5. The molecule has 2 heterocycles. The fraction of sp³-hybridized carbons (Fsp3) is 0.214. The average Bonchev–Trinajstić information content (AvgIpc) is 2.43. The molecule has 0 N–H and O–H groups in total. The molecule has 0 saturated heterocycles. The summed E-state index contributed by atoms with van der Waals surface area (Å²) >= 11 is 0. The summed E-state index contributed by atoms with van der Waals surface area (Å²) in [5.41, 5.74) is 1.78. The number of aromatic nitrogens is 2. The number of allylic oxidation sites excluding steroid dienone is 1. The number of para-hydroxylation sites is 1. The van der Waals surface area contributed by atoms with Crippen LogP contribution in [0.4, 0.5) is 0 Å². The first-order valence-electron chi connectivity index (χ1n) is 6.09. The summed E-state index contributed by atoms with van der Waals surface area (Å²) < 4.78 is 6.43. The number of benzene rings is 1. The average molecular weight is 256 g/mol. The van der Waals surface area contributed by atoms with Crippen LogP contribution in [0.1, 0.15) is 23.0 Å². The summed E-state index contributed by atoms with van der Waals surface area (Å²) in [5, 5.41) is 0. The van der Waals surface area contributed by atoms with Crippen LogP contribution in [-0.4, -0.2) is 22.1 Å². The monoisotopic (exact) mass is 256 g/mol. The Balaban J connectivity index is 2.33. The number of hydrogen-bond acceptors (Lipinski definition) is 4. The summed E-state index contributed by atoms with van der Waals surface area (Å²) in [6.45, 7) is 2.36. The van der Waals surface area contributed by atoms with E-state index in [0.717, 1.165) is 11.1 Å². The summed E-state index contributed by atoms with van der Waals surface area (Å²) in [7, 11) is 0. The first-order valence-corrected chi connectivity index (χ1v) is 6.09. The number of ether oxygens (including phenoxy) is 1. The van der Waals surface area contributed by atoms with Gasteiger partial charge in [0.25, 0.3) is 5.56 Å². The third-order valence-corrected chi connectivity index (χ3v) is 3.05. The maximum absolute atomic E-state index is 12.3. The number of nitrogens with zero attached hydrogens (tertiary/aromatic N) is 2. The standard InChI is InChI=1S/C14H12N2O3/c1-2-19-14(18)11-13(17)16-8-4-6-9-5-3-7-10(15-11)12(9)16/h3-7H,2,8H2,1H3. The number of carbonyl (C=O) groups is 1. The zero-order chi connectivity index (χ0) is 13.4. The molecule has 5 heteroatoms. The van der Waals surface area contributed by atoms with Gasteiger partial charge < -0.3 is 9.30 Å². The van der Waals surface area contributed by atoms with Crippen LogP contribution in [0.2, 0.25) is 0 Å². The van der Waals surface area contributed by atoms with Crippen LogP contribution in [0.25, 0.3) is 17.1 Å². The van der Waals surface area contributed by atoms with Crippen molar-refractivity contribution in [3.63, 3.8) is 0 Å². The summed E-state index contributed by atoms with van der Waals surface area (Å²) in [6, 6.07) is 5.56. The minimum atomic E-state index is -0.668. The Kier molecular flexibility index (Phi) is 2.67. The predicted molar refractivity (Wildman–Crippen MR) is 71.0 cm³/mol. The number of hydrogen-bond donors (Lipinski definition) is 0. The first-order chi connectivity index (χ1) is 9.22. The molecule has 0 bridgehead atoms. The lowest BCUT2D eigenvalue weighted by molar-refractivity contribution is 0.0517. The lowest BCUT2D eigenvalue weighted by Gasteiger charge is -2.15. The molecule has 3 rings (SSSR count). The van der Waals surface area contributed by atoms with Crippen LogP contribution >= 0.6 is 0 Å². The minimum absolute atomic E-state index is 0.151. The van der Waals surface area contributed by atoms with Gasteiger partial charge in [-0.2, -0.15) is 0 Å². The molecule has 1 aromatic heterocycles. The highest BCUT2D eigenvalue weighted by Gasteiger charge is 2.20. The molecule has 1 aromatic carbocycles. The molecule has 96 valence electrons. The second-order valence-electron chi connectivity index (χ2n) is 4.21. The second kappa shape index (κ2) is 4.35. The van der Waals surface area contributed by atoms with Crippen molar-refractivity contribution in [3.8, 4) is 0 Å². The van der Waals surface area contributed by atoms with E-state index in [4.69, 9.17) is 4.74 Å². The molecule has 0 unspecified atom stereocenters. The van der Waals surface area contributed by atoms with E-state index in [-0.39, 0.29) is 12.3 Å². The van der Waals surface area contributed by atoms with E-state index in [1.54, 1.807) is 17.6 Å². The topological polar surface area (TPSA) is 61.2 Å². The molecule has 0 amide bonds. The summed E-state index contributed by atoms with van der Waals surface area (Å²) in [5.74, 6) is -0.668. The van der Waals surface area contributed by atoms with Crippen LogP contribution in [0.3, 0.4) is 0 Å². The van der Waals surface area contributed by atoms with Gasteiger partial charge in [-0.05, 0) is 13.0 Å². The van der Waals surface area contributed by atoms with E-state index in [9.17, 15) is 9.59 Å². The Morgan fingerprint density at radius 2 is 2.32 bits per heavy atom. The van der Waals surface area contributed by atoms with Crippen LogP contribution < -0.4 is 5.56 Å². The highest BCUT2D eigenvalue weighted by Crippen LogP contribution is 2.21. The molecule has 0 radical (unpaired) electrons. The lowest BCUT2D eigenvalue weighted by Crippen LogP contribution is -2.30. The van der Waals surface area contributed by atoms with Crippen molar-refractivity contribution in [1.82, 2.24) is 9.55 Å². The molecule has 19 heavy (non-hydrogen) atoms. The second-order valence-corrected chi connectivity index (χ2v) is 4.21. The Labute approximate surface area is 109 Å². The molecule has 0 atom stereocenters. The Morgan fingerprint density at radius 1 is 1.47 bits per heavy atom. The number of esters is 1. The van der Waals surface area contributed by atoms with E-state index >= 15 is 0 Å². The SMILES string of the molecule is CCOC(=O)c1nc2cccc3c2n(c1=O)CC=C3. The smallest absolute Gasteiger partial charge is 0.362 e. The van der Waals surface area contributed by atoms with Gasteiger partial charge in [0, 0.05) is 12.1 Å². The van der Waals surface area contributed by atoms with Crippen molar-refractivity contribution in [1.29, 1.82) is 0 Å². The van der Waals surface area contributed by atoms with Gasteiger partial charge >= 0.3 is 5.97 Å². The van der Waals surface area contributed by atoms with Gasteiger partial charge in [-0.1, -0.05) is 24.3 Å². The lowest BCUT2D eigenvalue weighted by atomic mass is 10.1. The summed E-state index contributed by atoms with van der Waals surface area (Å²) in [4.78, 5) is 28.2. The predicted octanol–water partition coefficient (Wildman–Crippen LogP) is 1.60. The molecule has 0 spiro atoms. The maximum atomic E-state index is 12.3. The Bertz CT molecular complexity index is 759. The van der Waals surface area contributed by atoms with Crippen molar-refractivity contribution in [2.75, 3.05) is 6.61 Å². The van der Waals surface area contributed by atoms with Crippen LogP contribution in [0.15, 0.2) is 29.1 Å². The van der Waals surface area contributed by atoms with Crippen LogP contribution in [0, 0.1) is 0 Å². The molecular weight excluding hydrogens is 244 g/mol. The van der Waals surface area contributed by atoms with Crippen molar-refractivity contribution in [2.45, 2.75) is 13.5 Å². The number of carbonyl (C=O) groups excluding carboxylic acids is 1. The Hall–Kier alpha value is -2.43. The molecule has 5 nitrogen and oxygen atoms in total. The van der Waals surface area contributed by atoms with Crippen molar-refractivity contribution in [2.24, 2.45) is 0 Å². The van der Waals surface area contributed by atoms with Gasteiger partial charge in [0.2, 0.25) is 5.69 Å². The fourth-order valence-corrected chi connectivity index (χ4v) is 2.26. The number of rotatable bonds is 2. The molecule has 2 aromatic rings.